The number of carbonyl (C=O) groups is 2. The molecule has 3 rings (SSSR count). The molecule has 38 heavy (non-hydrogen) atoms. The smallest absolute Gasteiger partial charge is 0.311 e. The molecule has 0 amide bonds. The van der Waals surface area contributed by atoms with Gasteiger partial charge in [0.25, 0.3) is 0 Å². The van der Waals surface area contributed by atoms with E-state index >= 15 is 0 Å². The average Bonchev–Trinajstić information content (AvgIpc) is 3.18. The summed E-state index contributed by atoms with van der Waals surface area (Å²) < 4.78 is 12.8. The van der Waals surface area contributed by atoms with Crippen LogP contribution in [-0.4, -0.2) is 65.6 Å². The Morgan fingerprint density at radius 1 is 1.11 bits per heavy atom. The van der Waals surface area contributed by atoms with Gasteiger partial charge in [0.05, 0.1) is 19.0 Å². The zero-order valence-electron chi connectivity index (χ0n) is 23.5. The Labute approximate surface area is 224 Å². The Balaban J connectivity index is 1.98. The van der Waals surface area contributed by atoms with Crippen LogP contribution >= 0.6 is 0 Å². The molecule has 0 aliphatic carbocycles. The van der Waals surface area contributed by atoms with Crippen molar-refractivity contribution in [1.29, 1.82) is 0 Å². The molecule has 0 saturated heterocycles. The summed E-state index contributed by atoms with van der Waals surface area (Å²) in [6.45, 7) is 8.65. The Hall–Kier alpha value is -3.20. The van der Waals surface area contributed by atoms with Crippen LogP contribution in [0.25, 0.3) is 10.9 Å². The highest BCUT2D eigenvalue weighted by molar-refractivity contribution is 5.95. The quantitative estimate of drug-likeness (QED) is 0.218. The third kappa shape index (κ3) is 7.01. The Morgan fingerprint density at radius 2 is 1.82 bits per heavy atom. The monoisotopic (exact) mass is 524 g/mol. The van der Waals surface area contributed by atoms with Crippen LogP contribution in [0.5, 0.6) is 11.5 Å². The first-order valence-electron chi connectivity index (χ1n) is 12.9. The number of rotatable bonds is 11. The molecule has 0 aliphatic rings. The van der Waals surface area contributed by atoms with Gasteiger partial charge in [-0.2, -0.15) is 0 Å². The maximum atomic E-state index is 13.8. The van der Waals surface area contributed by atoms with Gasteiger partial charge in [0.15, 0.2) is 6.29 Å². The predicted octanol–water partition coefficient (Wildman–Crippen LogP) is 4.38. The van der Waals surface area contributed by atoms with Gasteiger partial charge in [0.1, 0.15) is 11.5 Å². The average molecular weight is 525 g/mol. The zero-order chi connectivity index (χ0) is 28.2. The van der Waals surface area contributed by atoms with Gasteiger partial charge >= 0.3 is 5.97 Å². The first-order chi connectivity index (χ1) is 17.8. The van der Waals surface area contributed by atoms with Crippen molar-refractivity contribution in [3.63, 3.8) is 0 Å². The molecule has 0 bridgehead atoms. The molecule has 1 heterocycles. The number of hydrogen-bond donors (Lipinski definition) is 2. The minimum absolute atomic E-state index is 0.0787. The minimum Gasteiger partial charge on any atom is -0.497 e. The summed E-state index contributed by atoms with van der Waals surface area (Å²) in [5.74, 6) is 0.439. The highest BCUT2D eigenvalue weighted by Gasteiger charge is 2.31. The molecule has 0 unspecified atom stereocenters. The molecule has 0 saturated carbocycles. The van der Waals surface area contributed by atoms with Crippen molar-refractivity contribution in [2.45, 2.75) is 65.1 Å². The van der Waals surface area contributed by atoms with E-state index in [4.69, 9.17) is 19.7 Å². The van der Waals surface area contributed by atoms with E-state index in [9.17, 15) is 9.59 Å². The van der Waals surface area contributed by atoms with Gasteiger partial charge in [-0.05, 0) is 69.3 Å². The van der Waals surface area contributed by atoms with E-state index in [1.54, 1.807) is 17.7 Å². The third-order valence-corrected chi connectivity index (χ3v) is 6.74. The number of ether oxygens (including phenoxy) is 2. The van der Waals surface area contributed by atoms with Crippen LogP contribution in [0, 0.1) is 13.8 Å². The number of aliphatic hydroxyl groups is 2. The molecule has 206 valence electrons. The lowest BCUT2D eigenvalue weighted by Crippen LogP contribution is -2.27. The summed E-state index contributed by atoms with van der Waals surface area (Å²) >= 11 is 0. The summed E-state index contributed by atoms with van der Waals surface area (Å²) in [5, 5.41) is 19.2. The molecule has 0 aliphatic heterocycles. The van der Waals surface area contributed by atoms with Gasteiger partial charge in [-0.25, -0.2) is 0 Å². The van der Waals surface area contributed by atoms with Gasteiger partial charge in [0.2, 0.25) is 5.91 Å². The summed E-state index contributed by atoms with van der Waals surface area (Å²) in [7, 11) is 5.66. The number of aromatic nitrogens is 1. The van der Waals surface area contributed by atoms with E-state index in [1.807, 2.05) is 72.3 Å². The second kappa shape index (κ2) is 12.1. The summed E-state index contributed by atoms with van der Waals surface area (Å²) in [6, 6.07) is 9.59. The van der Waals surface area contributed by atoms with Crippen molar-refractivity contribution < 1.29 is 29.3 Å². The maximum absolute atomic E-state index is 13.8. The van der Waals surface area contributed by atoms with E-state index in [-0.39, 0.29) is 25.2 Å². The number of likely N-dealkylation sites (N-methyl/N-ethyl adjacent to an activating group) is 1. The van der Waals surface area contributed by atoms with Crippen molar-refractivity contribution in [2.75, 3.05) is 27.7 Å². The SMILES string of the molecule is COc1ccc2c(CCN(C)C)cn(C(=O)CC(C)(C)c3c(C)cc(C)cc3OC(=O)CCC(O)O)c2c1. The van der Waals surface area contributed by atoms with E-state index < -0.39 is 17.7 Å². The summed E-state index contributed by atoms with van der Waals surface area (Å²) in [5.41, 5.74) is 3.84. The molecular formula is C30H40N2O6. The van der Waals surface area contributed by atoms with Crippen LogP contribution in [0.4, 0.5) is 0 Å². The van der Waals surface area contributed by atoms with Crippen LogP contribution in [-0.2, 0) is 16.6 Å². The van der Waals surface area contributed by atoms with E-state index in [0.29, 0.717) is 11.5 Å². The van der Waals surface area contributed by atoms with Crippen molar-refractivity contribution in [1.82, 2.24) is 9.47 Å². The number of hydrogen-bond acceptors (Lipinski definition) is 7. The molecule has 0 fully saturated rings. The van der Waals surface area contributed by atoms with Crippen molar-refractivity contribution in [3.05, 3.63) is 58.8 Å². The highest BCUT2D eigenvalue weighted by Crippen LogP contribution is 2.39. The Bertz CT molecular complexity index is 1310. The second-order valence-corrected chi connectivity index (χ2v) is 10.9. The molecule has 0 atom stereocenters. The lowest BCUT2D eigenvalue weighted by atomic mass is 9.78. The van der Waals surface area contributed by atoms with Gasteiger partial charge in [-0.3, -0.25) is 14.2 Å². The fourth-order valence-electron chi connectivity index (χ4n) is 5.00. The molecule has 0 radical (unpaired) electrons. The van der Waals surface area contributed by atoms with Gasteiger partial charge in [0, 0.05) is 48.0 Å². The third-order valence-electron chi connectivity index (χ3n) is 6.74. The normalized spacial score (nSPS) is 12.0. The first-order valence-corrected chi connectivity index (χ1v) is 12.9. The van der Waals surface area contributed by atoms with Crippen LogP contribution < -0.4 is 9.47 Å². The van der Waals surface area contributed by atoms with Gasteiger partial charge < -0.3 is 24.6 Å². The fourth-order valence-corrected chi connectivity index (χ4v) is 5.00. The lowest BCUT2D eigenvalue weighted by molar-refractivity contribution is -0.137. The van der Waals surface area contributed by atoms with E-state index in [2.05, 4.69) is 4.90 Å². The van der Waals surface area contributed by atoms with Crippen molar-refractivity contribution in [3.8, 4) is 11.5 Å². The number of esters is 1. The van der Waals surface area contributed by atoms with Gasteiger partial charge in [-0.15, -0.1) is 0 Å². The second-order valence-electron chi connectivity index (χ2n) is 10.9. The molecular weight excluding hydrogens is 484 g/mol. The zero-order valence-corrected chi connectivity index (χ0v) is 23.5. The maximum Gasteiger partial charge on any atom is 0.311 e. The first kappa shape index (κ1) is 29.4. The van der Waals surface area contributed by atoms with Crippen LogP contribution in [0.2, 0.25) is 0 Å². The van der Waals surface area contributed by atoms with E-state index in [1.165, 1.54) is 0 Å². The Kier molecular flexibility index (Phi) is 9.35. The number of methoxy groups -OCH3 is 1. The number of aryl methyl sites for hydroxylation is 2. The molecule has 8 nitrogen and oxygen atoms in total. The fraction of sp³-hybridized carbons (Fsp3) is 0.467. The van der Waals surface area contributed by atoms with Crippen LogP contribution in [0.1, 0.15) is 60.2 Å². The topological polar surface area (TPSA) is 101 Å². The number of benzene rings is 2. The number of carbonyl (C=O) groups excluding carboxylic acids is 2. The van der Waals surface area contributed by atoms with Crippen LogP contribution in [0.15, 0.2) is 36.5 Å². The highest BCUT2D eigenvalue weighted by atomic mass is 16.5. The molecule has 0 spiro atoms. The van der Waals surface area contributed by atoms with Crippen molar-refractivity contribution in [2.24, 2.45) is 0 Å². The Morgan fingerprint density at radius 3 is 2.45 bits per heavy atom. The molecule has 2 aromatic carbocycles. The number of nitrogens with zero attached hydrogens (tertiary/aromatic N) is 2. The summed E-state index contributed by atoms with van der Waals surface area (Å²) in [4.78, 5) is 28.4. The van der Waals surface area contributed by atoms with Crippen molar-refractivity contribution >= 4 is 22.8 Å². The largest absolute Gasteiger partial charge is 0.497 e. The minimum atomic E-state index is -1.58. The molecule has 8 heteroatoms. The molecule has 1 aromatic heterocycles. The van der Waals surface area contributed by atoms with E-state index in [0.717, 1.165) is 46.1 Å². The molecule has 3 aromatic rings. The predicted molar refractivity (Wildman–Crippen MR) is 148 cm³/mol. The number of fused-ring (bicyclic) bond motifs is 1. The summed E-state index contributed by atoms with van der Waals surface area (Å²) in [6.07, 6.45) is 1.09. The van der Waals surface area contributed by atoms with Crippen LogP contribution in [0.3, 0.4) is 0 Å². The standard InChI is InChI=1S/C30H40N2O6/c1-19-14-20(2)29(25(15-19)38-28(36)11-10-27(34)35)30(3,4)17-26(33)32-18-21(12-13-31(5)6)23-9-8-22(37-7)16-24(23)32/h8-9,14-16,18,27,34-35H,10-13,17H2,1-7H3. The lowest BCUT2D eigenvalue weighted by Gasteiger charge is -2.29. The molecule has 2 N–H and O–H groups in total. The number of aliphatic hydroxyl groups excluding tert-OH is 1. The van der Waals surface area contributed by atoms with Gasteiger partial charge in [-0.1, -0.05) is 19.9 Å².